The molecule has 5 nitrogen and oxygen atoms in total. The van der Waals surface area contributed by atoms with Crippen LogP contribution in [0.5, 0.6) is 0 Å². The van der Waals surface area contributed by atoms with E-state index in [0.29, 0.717) is 12.0 Å². The van der Waals surface area contributed by atoms with Crippen LogP contribution in [-0.2, 0) is 10.0 Å². The number of hydrogen-bond acceptors (Lipinski definition) is 4. The van der Waals surface area contributed by atoms with Crippen LogP contribution in [-0.4, -0.2) is 37.0 Å². The van der Waals surface area contributed by atoms with Crippen molar-refractivity contribution < 1.29 is 17.9 Å². The maximum absolute atomic E-state index is 13.3. The Labute approximate surface area is 119 Å². The van der Waals surface area contributed by atoms with E-state index < -0.39 is 15.8 Å². The fourth-order valence-corrected chi connectivity index (χ4v) is 3.87. The number of anilines is 1. The highest BCUT2D eigenvalue weighted by molar-refractivity contribution is 7.89. The molecule has 7 heteroatoms. The van der Waals surface area contributed by atoms with Crippen LogP contribution in [0.3, 0.4) is 0 Å². The molecule has 0 atom stereocenters. The smallest absolute Gasteiger partial charge is 0.243 e. The van der Waals surface area contributed by atoms with Gasteiger partial charge in [-0.3, -0.25) is 0 Å². The number of nitrogens with zero attached hydrogens (tertiary/aromatic N) is 1. The number of halogens is 1. The molecule has 0 aromatic heterocycles. The molecule has 0 heterocycles. The van der Waals surface area contributed by atoms with Gasteiger partial charge in [-0.1, -0.05) is 0 Å². The summed E-state index contributed by atoms with van der Waals surface area (Å²) in [6.07, 6.45) is 0.340. The van der Waals surface area contributed by atoms with E-state index in [1.54, 1.807) is 13.8 Å². The van der Waals surface area contributed by atoms with Crippen molar-refractivity contribution >= 4 is 15.7 Å². The fraction of sp³-hybridized carbons (Fsp3) is 0.538. The van der Waals surface area contributed by atoms with Crippen molar-refractivity contribution in [2.75, 3.05) is 18.9 Å². The van der Waals surface area contributed by atoms with E-state index in [9.17, 15) is 12.8 Å². The molecule has 0 amide bonds. The predicted molar refractivity (Wildman–Crippen MR) is 76.3 cm³/mol. The third-order valence-corrected chi connectivity index (χ3v) is 5.21. The first kappa shape index (κ1) is 16.9. The van der Waals surface area contributed by atoms with Gasteiger partial charge in [0, 0.05) is 19.2 Å². The van der Waals surface area contributed by atoms with Gasteiger partial charge in [0.2, 0.25) is 10.0 Å². The summed E-state index contributed by atoms with van der Waals surface area (Å²) in [4.78, 5) is 0.00281. The van der Waals surface area contributed by atoms with E-state index in [4.69, 9.17) is 10.8 Å². The van der Waals surface area contributed by atoms with Crippen molar-refractivity contribution in [3.63, 3.8) is 0 Å². The largest absolute Gasteiger partial charge is 0.396 e. The molecule has 114 valence electrons. The van der Waals surface area contributed by atoms with Crippen molar-refractivity contribution in [1.29, 1.82) is 0 Å². The minimum absolute atomic E-state index is 0.00281. The molecule has 0 bridgehead atoms. The van der Waals surface area contributed by atoms with E-state index in [2.05, 4.69) is 0 Å². The van der Waals surface area contributed by atoms with Crippen LogP contribution in [0.15, 0.2) is 17.0 Å². The molecule has 0 saturated heterocycles. The van der Waals surface area contributed by atoms with Crippen LogP contribution in [0.2, 0.25) is 0 Å². The summed E-state index contributed by atoms with van der Waals surface area (Å²) in [6.45, 7) is 5.13. The molecular formula is C13H21FN2O3S. The zero-order valence-corrected chi connectivity index (χ0v) is 12.7. The number of nitrogens with two attached hydrogens (primary N) is 1. The van der Waals surface area contributed by atoms with Crippen molar-refractivity contribution in [3.05, 3.63) is 23.5 Å². The molecule has 1 aromatic carbocycles. The number of aryl methyl sites for hydroxylation is 1. The summed E-state index contributed by atoms with van der Waals surface area (Å²) >= 11 is 0. The average molecular weight is 304 g/mol. The zero-order valence-electron chi connectivity index (χ0n) is 11.9. The van der Waals surface area contributed by atoms with Gasteiger partial charge in [-0.25, -0.2) is 12.8 Å². The summed E-state index contributed by atoms with van der Waals surface area (Å²) in [5.74, 6) is -0.632. The lowest BCUT2D eigenvalue weighted by Crippen LogP contribution is -2.38. The Bertz CT molecular complexity index is 573. The van der Waals surface area contributed by atoms with Gasteiger partial charge in [-0.15, -0.1) is 0 Å². The number of aliphatic hydroxyl groups is 1. The number of aliphatic hydroxyl groups excluding tert-OH is 1. The summed E-state index contributed by atoms with van der Waals surface area (Å²) in [5, 5.41) is 8.88. The number of nitrogen functional groups attached to an aromatic ring is 1. The van der Waals surface area contributed by atoms with Gasteiger partial charge in [-0.2, -0.15) is 4.31 Å². The van der Waals surface area contributed by atoms with Gasteiger partial charge in [0.1, 0.15) is 5.82 Å². The predicted octanol–water partition coefficient (Wildman–Crippen LogP) is 1.50. The molecule has 0 aliphatic carbocycles. The Morgan fingerprint density at radius 3 is 2.50 bits per heavy atom. The van der Waals surface area contributed by atoms with Crippen LogP contribution >= 0.6 is 0 Å². The molecule has 0 spiro atoms. The minimum atomic E-state index is -3.77. The highest BCUT2D eigenvalue weighted by atomic mass is 32.2. The van der Waals surface area contributed by atoms with Gasteiger partial charge in [-0.05, 0) is 44.9 Å². The molecule has 0 radical (unpaired) electrons. The van der Waals surface area contributed by atoms with Crippen molar-refractivity contribution in [2.45, 2.75) is 38.1 Å². The second-order valence-corrected chi connectivity index (χ2v) is 6.78. The van der Waals surface area contributed by atoms with Crippen molar-refractivity contribution in [1.82, 2.24) is 4.31 Å². The molecule has 20 heavy (non-hydrogen) atoms. The van der Waals surface area contributed by atoms with E-state index in [1.165, 1.54) is 11.2 Å². The molecule has 0 fully saturated rings. The summed E-state index contributed by atoms with van der Waals surface area (Å²) in [6, 6.07) is 2.00. The first-order valence-electron chi connectivity index (χ1n) is 6.40. The number of sulfonamides is 1. The quantitative estimate of drug-likeness (QED) is 0.780. The van der Waals surface area contributed by atoms with Crippen LogP contribution < -0.4 is 5.73 Å². The summed E-state index contributed by atoms with van der Waals surface area (Å²) in [7, 11) is -3.77. The Hall–Kier alpha value is -1.18. The molecule has 0 aliphatic rings. The Morgan fingerprint density at radius 2 is 2.00 bits per heavy atom. The first-order chi connectivity index (χ1) is 9.21. The maximum Gasteiger partial charge on any atom is 0.243 e. The lowest BCUT2D eigenvalue weighted by Gasteiger charge is -2.26. The lowest BCUT2D eigenvalue weighted by molar-refractivity contribution is 0.258. The van der Waals surface area contributed by atoms with Gasteiger partial charge < -0.3 is 10.8 Å². The molecule has 3 N–H and O–H groups in total. The minimum Gasteiger partial charge on any atom is -0.396 e. The van der Waals surface area contributed by atoms with E-state index >= 15 is 0 Å². The zero-order chi connectivity index (χ0) is 15.5. The van der Waals surface area contributed by atoms with E-state index in [1.807, 2.05) is 0 Å². The second kappa shape index (κ2) is 6.51. The topological polar surface area (TPSA) is 83.6 Å². The lowest BCUT2D eigenvalue weighted by atomic mass is 10.2. The normalized spacial score (nSPS) is 12.3. The van der Waals surface area contributed by atoms with Crippen LogP contribution in [0, 0.1) is 12.7 Å². The summed E-state index contributed by atoms with van der Waals surface area (Å²) in [5.41, 5.74) is 5.58. The van der Waals surface area contributed by atoms with Crippen LogP contribution in [0.4, 0.5) is 10.1 Å². The van der Waals surface area contributed by atoms with Crippen molar-refractivity contribution in [3.8, 4) is 0 Å². The number of hydrogen-bond donors (Lipinski definition) is 2. The second-order valence-electron chi connectivity index (χ2n) is 4.93. The number of benzene rings is 1. The third-order valence-electron chi connectivity index (χ3n) is 2.99. The third kappa shape index (κ3) is 3.47. The highest BCUT2D eigenvalue weighted by Gasteiger charge is 2.28. The van der Waals surface area contributed by atoms with Gasteiger partial charge in [0.25, 0.3) is 0 Å². The molecular weight excluding hydrogens is 283 g/mol. The Kier molecular flexibility index (Phi) is 5.50. The maximum atomic E-state index is 13.3. The standard InChI is InChI=1S/C13H21FN2O3S/c1-9(2)16(5-4-6-17)20(18,19)13-8-12(15)11(14)7-10(13)3/h7-9,17H,4-6,15H2,1-3H3. The van der Waals surface area contributed by atoms with E-state index in [0.717, 1.165) is 12.1 Å². The van der Waals surface area contributed by atoms with Gasteiger partial charge >= 0.3 is 0 Å². The molecule has 0 saturated carbocycles. The average Bonchev–Trinajstić information content (AvgIpc) is 2.33. The molecule has 1 rings (SSSR count). The summed E-state index contributed by atoms with van der Waals surface area (Å²) < 4.78 is 39.9. The SMILES string of the molecule is Cc1cc(F)c(N)cc1S(=O)(=O)N(CCCO)C(C)C. The monoisotopic (exact) mass is 304 g/mol. The van der Waals surface area contributed by atoms with Gasteiger partial charge in [0.15, 0.2) is 0 Å². The van der Waals surface area contributed by atoms with Crippen LogP contribution in [0.1, 0.15) is 25.8 Å². The first-order valence-corrected chi connectivity index (χ1v) is 7.84. The van der Waals surface area contributed by atoms with E-state index in [-0.39, 0.29) is 29.8 Å². The fourth-order valence-electron chi connectivity index (χ4n) is 1.96. The van der Waals surface area contributed by atoms with Gasteiger partial charge in [0.05, 0.1) is 10.6 Å². The Morgan fingerprint density at radius 1 is 1.40 bits per heavy atom. The molecule has 0 aliphatic heterocycles. The highest BCUT2D eigenvalue weighted by Crippen LogP contribution is 2.26. The Balaban J connectivity index is 3.29. The molecule has 1 aromatic rings. The van der Waals surface area contributed by atoms with Crippen LogP contribution in [0.25, 0.3) is 0 Å². The van der Waals surface area contributed by atoms with Crippen molar-refractivity contribution in [2.24, 2.45) is 0 Å². The molecule has 0 unspecified atom stereocenters. The number of rotatable bonds is 6.